The molecule has 0 aliphatic carbocycles. The van der Waals surface area contributed by atoms with E-state index in [4.69, 9.17) is 4.42 Å². The van der Waals surface area contributed by atoms with Gasteiger partial charge in [-0.3, -0.25) is 0 Å². The molecule has 0 aliphatic heterocycles. The fraction of sp³-hybridized carbons (Fsp3) is 0.222. The molecular formula is C72H70N2O. The molecule has 374 valence electrons. The predicted molar refractivity (Wildman–Crippen MR) is 324 cm³/mol. The van der Waals surface area contributed by atoms with Gasteiger partial charge in [0.15, 0.2) is 0 Å². The van der Waals surface area contributed by atoms with Gasteiger partial charge in [0.05, 0.1) is 11.4 Å². The number of furan rings is 1. The van der Waals surface area contributed by atoms with E-state index >= 15 is 0 Å². The molecule has 0 bridgehead atoms. The highest BCUT2D eigenvalue weighted by atomic mass is 16.3. The minimum atomic E-state index is -0.0487. The lowest BCUT2D eigenvalue weighted by molar-refractivity contribution is 0.589. The van der Waals surface area contributed by atoms with Gasteiger partial charge in [-0.05, 0) is 162 Å². The molecule has 11 rings (SSSR count). The van der Waals surface area contributed by atoms with Crippen molar-refractivity contribution in [3.63, 3.8) is 0 Å². The lowest BCUT2D eigenvalue weighted by atomic mass is 9.85. The van der Waals surface area contributed by atoms with Crippen LogP contribution < -0.4 is 9.80 Å². The van der Waals surface area contributed by atoms with Crippen LogP contribution >= 0.6 is 0 Å². The van der Waals surface area contributed by atoms with E-state index in [0.29, 0.717) is 0 Å². The topological polar surface area (TPSA) is 19.6 Å². The van der Waals surface area contributed by atoms with Crippen LogP contribution in [0.1, 0.15) is 105 Å². The smallest absolute Gasteiger partial charge is 0.136 e. The standard InChI is InChI=1S/C72H70N2O/c1-69(2,3)53-25-19-27-57(43-53)73(65-45-55(71(7,8)9)31-35-61(65)47-21-15-13-16-22-47)59-33-29-49-39-63-64-40-50-30-34-60(38-52(50)42-68(64)75-67(63)41-51(49)37-59)74(58-28-20-26-54(44-58)70(4,5)6)66-46-56(72(10,11)12)32-36-62(66)48-23-17-14-18-24-48/h13-46H,1-12H3. The van der Waals surface area contributed by atoms with Crippen molar-refractivity contribution in [1.29, 1.82) is 0 Å². The second-order valence-electron chi connectivity index (χ2n) is 24.8. The van der Waals surface area contributed by atoms with Gasteiger partial charge in [-0.2, -0.15) is 0 Å². The van der Waals surface area contributed by atoms with E-state index in [1.807, 2.05) is 0 Å². The summed E-state index contributed by atoms with van der Waals surface area (Å²) in [5.41, 5.74) is 18.2. The van der Waals surface area contributed by atoms with E-state index in [1.165, 1.54) is 55.3 Å². The van der Waals surface area contributed by atoms with Crippen molar-refractivity contribution in [3.05, 3.63) is 229 Å². The average molecular weight is 979 g/mol. The summed E-state index contributed by atoms with van der Waals surface area (Å²) in [6.07, 6.45) is 0. The van der Waals surface area contributed by atoms with Gasteiger partial charge in [-0.15, -0.1) is 0 Å². The monoisotopic (exact) mass is 979 g/mol. The zero-order chi connectivity index (χ0) is 52.6. The summed E-state index contributed by atoms with van der Waals surface area (Å²) in [4.78, 5) is 4.93. The largest absolute Gasteiger partial charge is 0.456 e. The van der Waals surface area contributed by atoms with Crippen molar-refractivity contribution in [3.8, 4) is 22.3 Å². The van der Waals surface area contributed by atoms with E-state index in [2.05, 4.69) is 299 Å². The van der Waals surface area contributed by atoms with Crippen LogP contribution in [0.25, 0.3) is 65.7 Å². The number of rotatable bonds is 8. The first-order chi connectivity index (χ1) is 35.7. The molecule has 0 radical (unpaired) electrons. The van der Waals surface area contributed by atoms with Crippen LogP contribution in [0, 0.1) is 0 Å². The van der Waals surface area contributed by atoms with Gasteiger partial charge < -0.3 is 14.2 Å². The van der Waals surface area contributed by atoms with Gasteiger partial charge in [0, 0.05) is 44.6 Å². The van der Waals surface area contributed by atoms with Crippen molar-refractivity contribution in [2.45, 2.75) is 105 Å². The lowest BCUT2D eigenvalue weighted by Crippen LogP contribution is -2.17. The molecule has 1 aromatic heterocycles. The van der Waals surface area contributed by atoms with E-state index in [0.717, 1.165) is 66.8 Å². The van der Waals surface area contributed by atoms with Gasteiger partial charge in [0.2, 0.25) is 0 Å². The van der Waals surface area contributed by atoms with Gasteiger partial charge in [0.25, 0.3) is 0 Å². The Balaban J connectivity index is 1.07. The maximum Gasteiger partial charge on any atom is 0.136 e. The number of nitrogens with zero attached hydrogens (tertiary/aromatic N) is 2. The first-order valence-corrected chi connectivity index (χ1v) is 26.7. The highest BCUT2D eigenvalue weighted by Gasteiger charge is 2.26. The molecule has 1 heterocycles. The molecule has 3 heteroatoms. The Bertz CT molecular complexity index is 3670. The molecule has 0 spiro atoms. The minimum absolute atomic E-state index is 0.0266. The second kappa shape index (κ2) is 18.5. The zero-order valence-electron chi connectivity index (χ0n) is 45.9. The fourth-order valence-corrected chi connectivity index (χ4v) is 10.7. The van der Waals surface area contributed by atoms with E-state index < -0.39 is 0 Å². The molecule has 0 N–H and O–H groups in total. The molecule has 0 saturated heterocycles. The third-order valence-corrected chi connectivity index (χ3v) is 15.2. The number of fused-ring (bicyclic) bond motifs is 5. The van der Waals surface area contributed by atoms with Crippen molar-refractivity contribution >= 4 is 77.6 Å². The number of benzene rings is 10. The Labute approximate surface area is 445 Å². The number of hydrogen-bond donors (Lipinski definition) is 0. The molecular weight excluding hydrogens is 909 g/mol. The van der Waals surface area contributed by atoms with Crippen LogP contribution in [0.15, 0.2) is 211 Å². The van der Waals surface area contributed by atoms with Crippen molar-refractivity contribution < 1.29 is 4.42 Å². The molecule has 0 saturated carbocycles. The van der Waals surface area contributed by atoms with Crippen LogP contribution in [0.5, 0.6) is 0 Å². The fourth-order valence-electron chi connectivity index (χ4n) is 10.7. The first-order valence-electron chi connectivity index (χ1n) is 26.7. The Kier molecular flexibility index (Phi) is 12.2. The van der Waals surface area contributed by atoms with Crippen molar-refractivity contribution in [2.75, 3.05) is 9.80 Å². The summed E-state index contributed by atoms with van der Waals surface area (Å²) in [5, 5.41) is 6.80. The van der Waals surface area contributed by atoms with Gasteiger partial charge in [-0.1, -0.05) is 204 Å². The molecule has 0 fully saturated rings. The Morgan fingerprint density at radius 1 is 0.280 bits per heavy atom. The molecule has 0 unspecified atom stereocenters. The molecule has 75 heavy (non-hydrogen) atoms. The number of hydrogen-bond acceptors (Lipinski definition) is 3. The van der Waals surface area contributed by atoms with Gasteiger partial charge in [0.1, 0.15) is 11.2 Å². The average Bonchev–Trinajstić information content (AvgIpc) is 3.75. The highest BCUT2D eigenvalue weighted by Crippen LogP contribution is 2.48. The lowest BCUT2D eigenvalue weighted by Gasteiger charge is -2.31. The zero-order valence-corrected chi connectivity index (χ0v) is 45.9. The Morgan fingerprint density at radius 3 is 1.01 bits per heavy atom. The first kappa shape index (κ1) is 49.3. The highest BCUT2D eigenvalue weighted by molar-refractivity contribution is 6.14. The van der Waals surface area contributed by atoms with E-state index in [1.54, 1.807) is 0 Å². The normalized spacial score (nSPS) is 12.5. The summed E-state index contributed by atoms with van der Waals surface area (Å²) in [6, 6.07) is 76.8. The second-order valence-corrected chi connectivity index (χ2v) is 24.8. The summed E-state index contributed by atoms with van der Waals surface area (Å²) in [7, 11) is 0. The molecule has 0 atom stereocenters. The molecule has 0 amide bonds. The SMILES string of the molecule is CC(C)(C)c1cccc(N(c2ccc3cc4c(cc3c2)oc2cc3cc(N(c5cccc(C(C)(C)C)c5)c5cc(C(C)(C)C)ccc5-c5ccccc5)ccc3cc24)c2cc(C(C)(C)C)ccc2-c2ccccc2)c1. The van der Waals surface area contributed by atoms with Crippen LogP contribution in [-0.4, -0.2) is 0 Å². The van der Waals surface area contributed by atoms with E-state index in [-0.39, 0.29) is 21.7 Å². The molecule has 0 aliphatic rings. The third kappa shape index (κ3) is 9.62. The molecule has 3 nitrogen and oxygen atoms in total. The van der Waals surface area contributed by atoms with Crippen molar-refractivity contribution in [1.82, 2.24) is 0 Å². The number of anilines is 6. The summed E-state index contributed by atoms with van der Waals surface area (Å²) < 4.78 is 6.95. The van der Waals surface area contributed by atoms with Crippen LogP contribution in [0.2, 0.25) is 0 Å². The predicted octanol–water partition coefficient (Wildman–Crippen LogP) is 21.4. The van der Waals surface area contributed by atoms with Crippen molar-refractivity contribution in [2.24, 2.45) is 0 Å². The van der Waals surface area contributed by atoms with Gasteiger partial charge >= 0.3 is 0 Å². The summed E-state index contributed by atoms with van der Waals surface area (Å²) in [6.45, 7) is 27.5. The minimum Gasteiger partial charge on any atom is -0.456 e. The summed E-state index contributed by atoms with van der Waals surface area (Å²) in [5.74, 6) is 0. The van der Waals surface area contributed by atoms with Crippen LogP contribution in [0.3, 0.4) is 0 Å². The Morgan fingerprint density at radius 2 is 0.640 bits per heavy atom. The molecule has 11 aromatic rings. The van der Waals surface area contributed by atoms with Crippen LogP contribution in [-0.2, 0) is 21.7 Å². The van der Waals surface area contributed by atoms with Crippen LogP contribution in [0.4, 0.5) is 34.1 Å². The summed E-state index contributed by atoms with van der Waals surface area (Å²) >= 11 is 0. The maximum atomic E-state index is 6.95. The molecule has 10 aromatic carbocycles. The Hall–Kier alpha value is -7.88. The van der Waals surface area contributed by atoms with Gasteiger partial charge in [-0.25, -0.2) is 0 Å². The quantitative estimate of drug-likeness (QED) is 0.151. The maximum absolute atomic E-state index is 6.95. The third-order valence-electron chi connectivity index (χ3n) is 15.2. The van der Waals surface area contributed by atoms with E-state index in [9.17, 15) is 0 Å².